The average Bonchev–Trinajstić information content (AvgIpc) is 2.36. The second-order valence-corrected chi connectivity index (χ2v) is 6.84. The van der Waals surface area contributed by atoms with Crippen LogP contribution < -0.4 is 10.5 Å². The molecule has 102 valence electrons. The predicted molar refractivity (Wildman–Crippen MR) is 72.0 cm³/mol. The SMILES string of the molecule is COc1cccc(C(N)C(C)S(=O)(=O)N(C)C)c1. The molecule has 18 heavy (non-hydrogen) atoms. The highest BCUT2D eigenvalue weighted by Crippen LogP contribution is 2.24. The summed E-state index contributed by atoms with van der Waals surface area (Å²) in [6.07, 6.45) is 0. The highest BCUT2D eigenvalue weighted by molar-refractivity contribution is 7.89. The van der Waals surface area contributed by atoms with E-state index in [-0.39, 0.29) is 0 Å². The highest BCUT2D eigenvalue weighted by atomic mass is 32.2. The van der Waals surface area contributed by atoms with Gasteiger partial charge in [0.05, 0.1) is 12.4 Å². The monoisotopic (exact) mass is 272 g/mol. The Morgan fingerprint density at radius 3 is 2.44 bits per heavy atom. The molecule has 0 aliphatic rings. The van der Waals surface area contributed by atoms with Crippen LogP contribution in [0.1, 0.15) is 18.5 Å². The number of ether oxygens (including phenoxy) is 1. The minimum atomic E-state index is -3.38. The summed E-state index contributed by atoms with van der Waals surface area (Å²) < 4.78 is 30.3. The van der Waals surface area contributed by atoms with Gasteiger partial charge in [-0.05, 0) is 24.6 Å². The first-order valence-corrected chi connectivity index (χ1v) is 7.12. The summed E-state index contributed by atoms with van der Waals surface area (Å²) in [7, 11) is 1.19. The van der Waals surface area contributed by atoms with Crippen LogP contribution in [-0.4, -0.2) is 39.2 Å². The van der Waals surface area contributed by atoms with E-state index in [0.717, 1.165) is 5.56 Å². The molecule has 0 aliphatic carbocycles. The van der Waals surface area contributed by atoms with E-state index in [1.807, 2.05) is 0 Å². The van der Waals surface area contributed by atoms with Gasteiger partial charge in [0.25, 0.3) is 0 Å². The van der Waals surface area contributed by atoms with Crippen LogP contribution >= 0.6 is 0 Å². The zero-order valence-electron chi connectivity index (χ0n) is 11.1. The third kappa shape index (κ3) is 3.01. The normalized spacial score (nSPS) is 15.4. The van der Waals surface area contributed by atoms with Gasteiger partial charge in [-0.25, -0.2) is 12.7 Å². The first-order chi connectivity index (χ1) is 8.30. The average molecular weight is 272 g/mol. The lowest BCUT2D eigenvalue weighted by Gasteiger charge is -2.24. The van der Waals surface area contributed by atoms with Crippen molar-refractivity contribution in [2.45, 2.75) is 18.2 Å². The van der Waals surface area contributed by atoms with Crippen molar-refractivity contribution >= 4 is 10.0 Å². The third-order valence-corrected chi connectivity index (χ3v) is 5.21. The van der Waals surface area contributed by atoms with Gasteiger partial charge in [0.2, 0.25) is 10.0 Å². The molecule has 0 heterocycles. The molecule has 0 spiro atoms. The maximum absolute atomic E-state index is 12.0. The number of rotatable bonds is 5. The van der Waals surface area contributed by atoms with Gasteiger partial charge >= 0.3 is 0 Å². The van der Waals surface area contributed by atoms with Crippen LogP contribution in [0.5, 0.6) is 5.75 Å². The fourth-order valence-electron chi connectivity index (χ4n) is 1.64. The van der Waals surface area contributed by atoms with Gasteiger partial charge < -0.3 is 10.5 Å². The first kappa shape index (κ1) is 14.9. The Balaban J connectivity index is 3.03. The summed E-state index contributed by atoms with van der Waals surface area (Å²) in [6, 6.07) is 6.55. The molecule has 2 unspecified atom stereocenters. The van der Waals surface area contributed by atoms with E-state index in [4.69, 9.17) is 10.5 Å². The van der Waals surface area contributed by atoms with Gasteiger partial charge in [0.1, 0.15) is 5.75 Å². The smallest absolute Gasteiger partial charge is 0.218 e. The van der Waals surface area contributed by atoms with Crippen LogP contribution in [0.25, 0.3) is 0 Å². The van der Waals surface area contributed by atoms with E-state index in [9.17, 15) is 8.42 Å². The molecule has 6 heteroatoms. The Kier molecular flexibility index (Phi) is 4.72. The van der Waals surface area contributed by atoms with Gasteiger partial charge in [-0.3, -0.25) is 0 Å². The number of hydrogen-bond acceptors (Lipinski definition) is 4. The second kappa shape index (κ2) is 5.69. The fraction of sp³-hybridized carbons (Fsp3) is 0.500. The summed E-state index contributed by atoms with van der Waals surface area (Å²) in [4.78, 5) is 0. The lowest BCUT2D eigenvalue weighted by atomic mass is 10.1. The van der Waals surface area contributed by atoms with Gasteiger partial charge in [-0.1, -0.05) is 12.1 Å². The van der Waals surface area contributed by atoms with Crippen LogP contribution in [-0.2, 0) is 10.0 Å². The lowest BCUT2D eigenvalue weighted by molar-refractivity contribution is 0.413. The maximum atomic E-state index is 12.0. The molecule has 0 saturated carbocycles. The minimum absolute atomic E-state index is 0.590. The summed E-state index contributed by atoms with van der Waals surface area (Å²) in [6.45, 7) is 1.61. The third-order valence-electron chi connectivity index (χ3n) is 2.96. The first-order valence-electron chi connectivity index (χ1n) is 5.61. The van der Waals surface area contributed by atoms with Crippen molar-refractivity contribution < 1.29 is 13.2 Å². The molecule has 1 aromatic rings. The fourth-order valence-corrected chi connectivity index (χ4v) is 2.83. The van der Waals surface area contributed by atoms with Crippen molar-refractivity contribution in [3.05, 3.63) is 29.8 Å². The molecule has 0 amide bonds. The summed E-state index contributed by atoms with van der Waals surface area (Å²) in [5.74, 6) is 0.664. The summed E-state index contributed by atoms with van der Waals surface area (Å²) in [5.41, 5.74) is 6.77. The van der Waals surface area contributed by atoms with Crippen molar-refractivity contribution in [3.8, 4) is 5.75 Å². The van der Waals surface area contributed by atoms with Crippen LogP contribution in [0.15, 0.2) is 24.3 Å². The molecular weight excluding hydrogens is 252 g/mol. The van der Waals surface area contributed by atoms with Crippen molar-refractivity contribution in [2.75, 3.05) is 21.2 Å². The van der Waals surface area contributed by atoms with E-state index in [0.29, 0.717) is 5.75 Å². The Morgan fingerprint density at radius 1 is 1.33 bits per heavy atom. The largest absolute Gasteiger partial charge is 0.497 e. The molecule has 1 rings (SSSR count). The quantitative estimate of drug-likeness (QED) is 0.867. The van der Waals surface area contributed by atoms with Gasteiger partial charge in [0, 0.05) is 20.1 Å². The minimum Gasteiger partial charge on any atom is -0.497 e. The number of sulfonamides is 1. The zero-order chi connectivity index (χ0) is 13.9. The Hall–Kier alpha value is -1.11. The topological polar surface area (TPSA) is 72.6 Å². The maximum Gasteiger partial charge on any atom is 0.218 e. The van der Waals surface area contributed by atoms with Gasteiger partial charge in [-0.15, -0.1) is 0 Å². The Labute approximate surface area is 109 Å². The van der Waals surface area contributed by atoms with Crippen LogP contribution in [0.2, 0.25) is 0 Å². The second-order valence-electron chi connectivity index (χ2n) is 4.33. The van der Waals surface area contributed by atoms with Crippen molar-refractivity contribution in [1.82, 2.24) is 4.31 Å². The summed E-state index contributed by atoms with van der Waals surface area (Å²) >= 11 is 0. The van der Waals surface area contributed by atoms with E-state index in [2.05, 4.69) is 0 Å². The number of methoxy groups -OCH3 is 1. The van der Waals surface area contributed by atoms with Crippen LogP contribution in [0.4, 0.5) is 0 Å². The zero-order valence-corrected chi connectivity index (χ0v) is 11.9. The van der Waals surface area contributed by atoms with E-state index < -0.39 is 21.3 Å². The van der Waals surface area contributed by atoms with Crippen molar-refractivity contribution in [2.24, 2.45) is 5.73 Å². The number of benzene rings is 1. The molecule has 1 aromatic carbocycles. The summed E-state index contributed by atoms with van der Waals surface area (Å²) in [5, 5.41) is -0.695. The molecule has 0 saturated heterocycles. The molecule has 2 N–H and O–H groups in total. The van der Waals surface area contributed by atoms with Gasteiger partial charge in [0.15, 0.2) is 0 Å². The van der Waals surface area contributed by atoms with Gasteiger partial charge in [-0.2, -0.15) is 0 Å². The number of nitrogens with two attached hydrogens (primary N) is 1. The van der Waals surface area contributed by atoms with Crippen LogP contribution in [0, 0.1) is 0 Å². The predicted octanol–water partition coefficient (Wildman–Crippen LogP) is 0.975. The molecule has 0 aromatic heterocycles. The van der Waals surface area contributed by atoms with E-state index in [1.165, 1.54) is 18.4 Å². The molecule has 0 radical (unpaired) electrons. The van der Waals surface area contributed by atoms with Crippen LogP contribution in [0.3, 0.4) is 0 Å². The standard InChI is InChI=1S/C12H20N2O3S/c1-9(18(15,16)14(2)3)12(13)10-6-5-7-11(8-10)17-4/h5-9,12H,13H2,1-4H3. The molecule has 5 nitrogen and oxygen atoms in total. The molecular formula is C12H20N2O3S. The Morgan fingerprint density at radius 2 is 1.94 bits per heavy atom. The number of nitrogens with zero attached hydrogens (tertiary/aromatic N) is 1. The van der Waals surface area contributed by atoms with E-state index >= 15 is 0 Å². The van der Waals surface area contributed by atoms with Crippen molar-refractivity contribution in [3.63, 3.8) is 0 Å². The van der Waals surface area contributed by atoms with E-state index in [1.54, 1.807) is 38.3 Å². The van der Waals surface area contributed by atoms with Crippen molar-refractivity contribution in [1.29, 1.82) is 0 Å². The lowest BCUT2D eigenvalue weighted by Crippen LogP contribution is -2.38. The molecule has 2 atom stereocenters. The Bertz CT molecular complexity index is 500. The number of hydrogen-bond donors (Lipinski definition) is 1. The molecule has 0 fully saturated rings. The highest BCUT2D eigenvalue weighted by Gasteiger charge is 2.29. The molecule has 0 bridgehead atoms. The molecule has 0 aliphatic heterocycles.